The van der Waals surface area contributed by atoms with Crippen molar-refractivity contribution >= 4 is 23.2 Å². The highest BCUT2D eigenvalue weighted by Gasteiger charge is 2.52. The van der Waals surface area contributed by atoms with Gasteiger partial charge in [0, 0.05) is 17.8 Å². The van der Waals surface area contributed by atoms with Crippen molar-refractivity contribution in [2.24, 2.45) is 0 Å². The van der Waals surface area contributed by atoms with E-state index in [0.29, 0.717) is 19.3 Å². The predicted octanol–water partition coefficient (Wildman–Crippen LogP) is 4.11. The molecule has 2 rings (SSSR count). The first-order valence-electron chi connectivity index (χ1n) is 9.62. The fraction of sp³-hybridized carbons (Fsp3) is 0.600. The number of aryl methyl sites for hydroxylation is 1. The largest absolute Gasteiger partial charge is 0.477 e. The van der Waals surface area contributed by atoms with Crippen molar-refractivity contribution in [2.75, 3.05) is 6.54 Å². The van der Waals surface area contributed by atoms with Gasteiger partial charge in [0.15, 0.2) is 0 Å². The van der Waals surface area contributed by atoms with Crippen LogP contribution in [0.2, 0.25) is 0 Å². The van der Waals surface area contributed by atoms with Gasteiger partial charge in [-0.3, -0.25) is 4.79 Å². The summed E-state index contributed by atoms with van der Waals surface area (Å²) < 4.78 is 27.8. The summed E-state index contributed by atoms with van der Waals surface area (Å²) in [5.74, 6) is -5.56. The topological polar surface area (TPSA) is 77.8 Å². The van der Waals surface area contributed by atoms with E-state index in [9.17, 15) is 23.5 Å². The van der Waals surface area contributed by atoms with Crippen LogP contribution in [0.25, 0.3) is 0 Å². The molecule has 1 amide bonds. The first-order chi connectivity index (χ1) is 13.2. The molecule has 0 bridgehead atoms. The number of halogens is 2. The summed E-state index contributed by atoms with van der Waals surface area (Å²) in [5.41, 5.74) is 0. The summed E-state index contributed by atoms with van der Waals surface area (Å²) in [6.07, 6.45) is 6.22. The number of carboxylic acid groups (broad SMARTS) is 1. The second-order valence-electron chi connectivity index (χ2n) is 7.10. The number of hydrogen-bond acceptors (Lipinski definition) is 4. The number of aliphatic hydroxyl groups excluding tert-OH is 1. The van der Waals surface area contributed by atoms with E-state index in [0.717, 1.165) is 35.5 Å². The Morgan fingerprint density at radius 1 is 1.39 bits per heavy atom. The highest BCUT2D eigenvalue weighted by Crippen LogP contribution is 2.34. The number of alkyl halides is 2. The smallest absolute Gasteiger partial charge is 0.345 e. The van der Waals surface area contributed by atoms with Gasteiger partial charge in [0.25, 0.3) is 5.91 Å². The summed E-state index contributed by atoms with van der Waals surface area (Å²) in [7, 11) is 0. The van der Waals surface area contributed by atoms with Gasteiger partial charge in [-0.1, -0.05) is 38.3 Å². The Kier molecular flexibility index (Phi) is 8.12. The molecule has 0 saturated carbocycles. The van der Waals surface area contributed by atoms with Crippen molar-refractivity contribution in [1.82, 2.24) is 4.90 Å². The van der Waals surface area contributed by atoms with Gasteiger partial charge in [-0.2, -0.15) is 8.78 Å². The lowest BCUT2D eigenvalue weighted by molar-refractivity contribution is -0.148. The Bertz CT molecular complexity index is 704. The van der Waals surface area contributed by atoms with Crippen molar-refractivity contribution in [3.8, 4) is 0 Å². The molecule has 1 aromatic heterocycles. The Morgan fingerprint density at radius 3 is 2.79 bits per heavy atom. The van der Waals surface area contributed by atoms with Gasteiger partial charge < -0.3 is 15.1 Å². The molecule has 28 heavy (non-hydrogen) atoms. The summed E-state index contributed by atoms with van der Waals surface area (Å²) in [6, 6.07) is 2.49. The van der Waals surface area contributed by atoms with Crippen LogP contribution in [-0.2, 0) is 11.2 Å². The second-order valence-corrected chi connectivity index (χ2v) is 8.27. The van der Waals surface area contributed by atoms with Crippen molar-refractivity contribution in [3.05, 3.63) is 34.0 Å². The molecule has 2 atom stereocenters. The van der Waals surface area contributed by atoms with E-state index in [4.69, 9.17) is 5.11 Å². The van der Waals surface area contributed by atoms with Crippen LogP contribution >= 0.6 is 11.3 Å². The maximum atomic E-state index is 13.9. The summed E-state index contributed by atoms with van der Waals surface area (Å²) in [5, 5.41) is 18.9. The van der Waals surface area contributed by atoms with Gasteiger partial charge in [0.1, 0.15) is 4.88 Å². The molecular formula is C20H27F2NO4S. The molecule has 1 fully saturated rings. The average molecular weight is 416 g/mol. The summed E-state index contributed by atoms with van der Waals surface area (Å²) in [6.45, 7) is 2.22. The lowest BCUT2D eigenvalue weighted by atomic mass is 10.1. The normalized spacial score (nSPS) is 20.2. The minimum atomic E-state index is -3.39. The van der Waals surface area contributed by atoms with E-state index in [1.54, 1.807) is 6.07 Å². The van der Waals surface area contributed by atoms with Crippen molar-refractivity contribution in [1.29, 1.82) is 0 Å². The van der Waals surface area contributed by atoms with E-state index >= 15 is 0 Å². The van der Waals surface area contributed by atoms with E-state index in [2.05, 4.69) is 6.92 Å². The first-order valence-corrected chi connectivity index (χ1v) is 10.4. The molecule has 2 N–H and O–H groups in total. The molecule has 1 saturated heterocycles. The number of hydrogen-bond donors (Lipinski definition) is 2. The monoisotopic (exact) mass is 415 g/mol. The Hall–Kier alpha value is -1.80. The van der Waals surface area contributed by atoms with Crippen LogP contribution < -0.4 is 0 Å². The lowest BCUT2D eigenvalue weighted by Gasteiger charge is -2.21. The molecule has 2 heterocycles. The Morgan fingerprint density at radius 2 is 2.14 bits per heavy atom. The van der Waals surface area contributed by atoms with Crippen molar-refractivity contribution in [3.63, 3.8) is 0 Å². The molecule has 0 aliphatic carbocycles. The van der Waals surface area contributed by atoms with Crippen LogP contribution in [-0.4, -0.2) is 51.6 Å². The van der Waals surface area contributed by atoms with E-state index < -0.39 is 36.4 Å². The second kappa shape index (κ2) is 10.1. The molecule has 0 unspecified atom stereocenters. The van der Waals surface area contributed by atoms with E-state index in [-0.39, 0.29) is 11.4 Å². The number of nitrogens with zero attached hydrogens (tertiary/aromatic N) is 1. The van der Waals surface area contributed by atoms with Crippen LogP contribution in [0.1, 0.15) is 60.0 Å². The molecule has 1 aliphatic rings. The SMILES string of the molecule is CCCCC[C@@H](O)/C=C/[C@H]1CC(F)(F)C(=O)N1CCCc1ccc(C(=O)O)s1. The number of carbonyl (C=O) groups is 2. The minimum Gasteiger partial charge on any atom is -0.477 e. The van der Waals surface area contributed by atoms with Crippen molar-refractivity contribution < 1.29 is 28.6 Å². The van der Waals surface area contributed by atoms with Gasteiger partial charge >= 0.3 is 11.9 Å². The van der Waals surface area contributed by atoms with Gasteiger partial charge in [-0.05, 0) is 31.4 Å². The molecule has 0 radical (unpaired) electrons. The minimum absolute atomic E-state index is 0.162. The van der Waals surface area contributed by atoms with Gasteiger partial charge in [0.2, 0.25) is 0 Å². The maximum absolute atomic E-state index is 13.9. The third-order valence-electron chi connectivity index (χ3n) is 4.79. The van der Waals surface area contributed by atoms with E-state index in [1.807, 2.05) is 0 Å². The lowest BCUT2D eigenvalue weighted by Crippen LogP contribution is -2.36. The van der Waals surface area contributed by atoms with Crippen molar-refractivity contribution in [2.45, 2.75) is 69.9 Å². The number of rotatable bonds is 11. The summed E-state index contributed by atoms with van der Waals surface area (Å²) in [4.78, 5) is 25.2. The number of aliphatic hydroxyl groups is 1. The quantitative estimate of drug-likeness (QED) is 0.421. The zero-order valence-corrected chi connectivity index (χ0v) is 16.8. The highest BCUT2D eigenvalue weighted by molar-refractivity contribution is 7.13. The predicted molar refractivity (Wildman–Crippen MR) is 104 cm³/mol. The third-order valence-corrected chi connectivity index (χ3v) is 5.93. The number of carboxylic acids is 1. The van der Waals surface area contributed by atoms with Gasteiger partial charge in [-0.25, -0.2) is 4.79 Å². The first kappa shape index (κ1) is 22.5. The number of amides is 1. The maximum Gasteiger partial charge on any atom is 0.345 e. The Balaban J connectivity index is 1.92. The number of aromatic carboxylic acids is 1. The highest BCUT2D eigenvalue weighted by atomic mass is 32.1. The molecular weight excluding hydrogens is 388 g/mol. The molecule has 1 aliphatic heterocycles. The number of unbranched alkanes of at least 4 members (excludes halogenated alkanes) is 2. The van der Waals surface area contributed by atoms with Gasteiger partial charge in [0.05, 0.1) is 12.1 Å². The van der Waals surface area contributed by atoms with Crippen LogP contribution in [0, 0.1) is 0 Å². The fourth-order valence-corrected chi connectivity index (χ4v) is 4.16. The zero-order chi connectivity index (χ0) is 20.7. The average Bonchev–Trinajstić information content (AvgIpc) is 3.18. The van der Waals surface area contributed by atoms with Crippen LogP contribution in [0.15, 0.2) is 24.3 Å². The number of likely N-dealkylation sites (tertiary alicyclic amines) is 1. The van der Waals surface area contributed by atoms with Crippen LogP contribution in [0.5, 0.6) is 0 Å². The molecule has 0 spiro atoms. The van der Waals surface area contributed by atoms with Gasteiger partial charge in [-0.15, -0.1) is 11.3 Å². The molecule has 5 nitrogen and oxygen atoms in total. The Labute approximate surface area is 167 Å². The standard InChI is InChI=1S/C20H27F2NO4S/c1-2-3-4-6-15(24)9-8-14-13-20(21,22)19(27)23(14)12-5-7-16-10-11-17(28-16)18(25)26/h8-11,14-15,24H,2-7,12-13H2,1H3,(H,25,26)/b9-8+/t14-,15+/m0/s1. The molecule has 156 valence electrons. The molecule has 8 heteroatoms. The molecule has 0 aromatic carbocycles. The number of carbonyl (C=O) groups excluding carboxylic acids is 1. The summed E-state index contributed by atoms with van der Waals surface area (Å²) >= 11 is 1.15. The third kappa shape index (κ3) is 6.10. The molecule has 1 aromatic rings. The van der Waals surface area contributed by atoms with E-state index in [1.165, 1.54) is 23.1 Å². The van der Waals surface area contributed by atoms with Crippen LogP contribution in [0.3, 0.4) is 0 Å². The number of thiophene rings is 1. The zero-order valence-electron chi connectivity index (χ0n) is 15.9. The van der Waals surface area contributed by atoms with Crippen LogP contribution in [0.4, 0.5) is 8.78 Å². The fourth-order valence-electron chi connectivity index (χ4n) is 3.27.